The quantitative estimate of drug-likeness (QED) is 0.724. The number of aromatic nitrogens is 2. The number of nitriles is 1. The molecule has 1 aromatic heterocycles. The third-order valence-corrected chi connectivity index (χ3v) is 1.86. The zero-order valence-corrected chi connectivity index (χ0v) is 8.78. The largest absolute Gasteiger partial charge is 0.344 e. The first-order valence-corrected chi connectivity index (χ1v) is 4.64. The topological polar surface area (TPSA) is 52.8 Å². The highest BCUT2D eigenvalue weighted by molar-refractivity contribution is 5.34. The predicted octanol–water partition coefficient (Wildman–Crippen LogP) is 1.50. The van der Waals surface area contributed by atoms with Gasteiger partial charge >= 0.3 is 0 Å². The summed E-state index contributed by atoms with van der Waals surface area (Å²) >= 11 is 0. The van der Waals surface area contributed by atoms with Crippen LogP contribution in [0.2, 0.25) is 0 Å². The van der Waals surface area contributed by atoms with E-state index in [1.54, 1.807) is 6.07 Å². The Morgan fingerprint density at radius 2 is 2.21 bits per heavy atom. The summed E-state index contributed by atoms with van der Waals surface area (Å²) in [5.41, 5.74) is 1.25. The van der Waals surface area contributed by atoms with Crippen LogP contribution >= 0.6 is 0 Å². The molecule has 14 heavy (non-hydrogen) atoms. The fourth-order valence-corrected chi connectivity index (χ4v) is 1.22. The summed E-state index contributed by atoms with van der Waals surface area (Å²) in [5, 5.41) is 8.74. The van der Waals surface area contributed by atoms with Crippen LogP contribution in [0.15, 0.2) is 6.07 Å². The fraction of sp³-hybridized carbons (Fsp3) is 0.500. The summed E-state index contributed by atoms with van der Waals surface area (Å²) in [6, 6.07) is 3.71. The Morgan fingerprint density at radius 1 is 1.50 bits per heavy atom. The van der Waals surface area contributed by atoms with Crippen LogP contribution in [-0.2, 0) is 0 Å². The van der Waals surface area contributed by atoms with Crippen molar-refractivity contribution >= 4 is 5.95 Å². The van der Waals surface area contributed by atoms with Crippen molar-refractivity contribution in [2.24, 2.45) is 0 Å². The molecule has 0 fully saturated rings. The van der Waals surface area contributed by atoms with Crippen LogP contribution in [-0.4, -0.2) is 23.6 Å². The van der Waals surface area contributed by atoms with Crippen LogP contribution in [0.3, 0.4) is 0 Å². The molecule has 74 valence electrons. The Balaban J connectivity index is 2.98. The number of rotatable bonds is 3. The van der Waals surface area contributed by atoms with Gasteiger partial charge in [-0.3, -0.25) is 0 Å². The van der Waals surface area contributed by atoms with E-state index >= 15 is 0 Å². The van der Waals surface area contributed by atoms with Crippen LogP contribution in [0.4, 0.5) is 5.95 Å². The van der Waals surface area contributed by atoms with Gasteiger partial charge < -0.3 is 4.90 Å². The zero-order chi connectivity index (χ0) is 10.6. The first-order valence-electron chi connectivity index (χ1n) is 4.64. The summed E-state index contributed by atoms with van der Waals surface area (Å²) in [7, 11) is 1.93. The molecule has 0 saturated carbocycles. The zero-order valence-electron chi connectivity index (χ0n) is 8.78. The summed E-state index contributed by atoms with van der Waals surface area (Å²) in [6.45, 7) is 4.86. The van der Waals surface area contributed by atoms with Crippen LogP contribution < -0.4 is 4.90 Å². The van der Waals surface area contributed by atoms with E-state index < -0.39 is 0 Å². The summed E-state index contributed by atoms with van der Waals surface area (Å²) in [4.78, 5) is 10.3. The first-order chi connectivity index (χ1) is 6.67. The van der Waals surface area contributed by atoms with Gasteiger partial charge in [0.1, 0.15) is 11.8 Å². The second kappa shape index (κ2) is 4.56. The van der Waals surface area contributed by atoms with Crippen molar-refractivity contribution in [1.29, 1.82) is 5.26 Å². The molecule has 0 unspecified atom stereocenters. The lowest BCUT2D eigenvalue weighted by atomic mass is 10.3. The molecule has 0 bridgehead atoms. The van der Waals surface area contributed by atoms with Crippen LogP contribution in [0.1, 0.15) is 24.7 Å². The van der Waals surface area contributed by atoms with Crippen molar-refractivity contribution in [3.05, 3.63) is 17.5 Å². The molecule has 0 N–H and O–H groups in total. The molecule has 1 heterocycles. The molecule has 0 aliphatic heterocycles. The summed E-state index contributed by atoms with van der Waals surface area (Å²) in [6.07, 6.45) is 1.04. The van der Waals surface area contributed by atoms with E-state index in [4.69, 9.17) is 5.26 Å². The second-order valence-corrected chi connectivity index (χ2v) is 3.23. The van der Waals surface area contributed by atoms with Crippen LogP contribution in [0.5, 0.6) is 0 Å². The smallest absolute Gasteiger partial charge is 0.226 e. The highest BCUT2D eigenvalue weighted by Gasteiger charge is 2.05. The van der Waals surface area contributed by atoms with E-state index in [1.165, 1.54) is 0 Å². The molecule has 0 aromatic carbocycles. The molecule has 1 aromatic rings. The van der Waals surface area contributed by atoms with Crippen molar-refractivity contribution < 1.29 is 0 Å². The van der Waals surface area contributed by atoms with Crippen LogP contribution in [0.25, 0.3) is 0 Å². The molecule has 1 rings (SSSR count). The maximum atomic E-state index is 8.74. The molecule has 4 heteroatoms. The van der Waals surface area contributed by atoms with Gasteiger partial charge in [-0.05, 0) is 19.4 Å². The van der Waals surface area contributed by atoms with Gasteiger partial charge in [-0.1, -0.05) is 6.92 Å². The molecule has 0 atom stereocenters. The standard InChI is InChI=1S/C10H14N4/c1-4-5-14(3)10-12-8(2)6-9(7-11)13-10/h6H,4-5H2,1-3H3. The minimum atomic E-state index is 0.426. The Kier molecular flexibility index (Phi) is 3.41. The molecule has 0 spiro atoms. The lowest BCUT2D eigenvalue weighted by Crippen LogP contribution is -2.21. The Labute approximate surface area is 84.2 Å². The monoisotopic (exact) mass is 190 g/mol. The first kappa shape index (κ1) is 10.5. The molecular formula is C10H14N4. The lowest BCUT2D eigenvalue weighted by molar-refractivity contribution is 0.813. The normalized spacial score (nSPS) is 9.57. The number of hydrogen-bond acceptors (Lipinski definition) is 4. The molecule has 0 radical (unpaired) electrons. The van der Waals surface area contributed by atoms with E-state index in [9.17, 15) is 0 Å². The van der Waals surface area contributed by atoms with Gasteiger partial charge in [-0.25, -0.2) is 9.97 Å². The molecular weight excluding hydrogens is 176 g/mol. The van der Waals surface area contributed by atoms with E-state index in [0.717, 1.165) is 18.7 Å². The van der Waals surface area contributed by atoms with Gasteiger partial charge in [-0.15, -0.1) is 0 Å². The van der Waals surface area contributed by atoms with Gasteiger partial charge in [0.25, 0.3) is 0 Å². The highest BCUT2D eigenvalue weighted by Crippen LogP contribution is 2.08. The van der Waals surface area contributed by atoms with E-state index in [-0.39, 0.29) is 0 Å². The number of anilines is 1. The Bertz CT molecular complexity index is 354. The van der Waals surface area contributed by atoms with E-state index in [2.05, 4.69) is 16.9 Å². The maximum Gasteiger partial charge on any atom is 0.226 e. The van der Waals surface area contributed by atoms with Gasteiger partial charge in [0, 0.05) is 19.3 Å². The molecule has 4 nitrogen and oxygen atoms in total. The van der Waals surface area contributed by atoms with Crippen molar-refractivity contribution in [1.82, 2.24) is 9.97 Å². The summed E-state index contributed by atoms with van der Waals surface area (Å²) < 4.78 is 0. The SMILES string of the molecule is CCCN(C)c1nc(C)cc(C#N)n1. The Morgan fingerprint density at radius 3 is 2.79 bits per heavy atom. The van der Waals surface area contributed by atoms with Gasteiger partial charge in [0.05, 0.1) is 0 Å². The number of hydrogen-bond donors (Lipinski definition) is 0. The maximum absolute atomic E-state index is 8.74. The van der Waals surface area contributed by atoms with Gasteiger partial charge in [-0.2, -0.15) is 5.26 Å². The highest BCUT2D eigenvalue weighted by atomic mass is 15.2. The average molecular weight is 190 g/mol. The molecule has 0 aliphatic rings. The molecule has 0 saturated heterocycles. The Hall–Kier alpha value is -1.63. The van der Waals surface area contributed by atoms with E-state index in [1.807, 2.05) is 24.9 Å². The van der Waals surface area contributed by atoms with Gasteiger partial charge in [0.2, 0.25) is 5.95 Å². The minimum Gasteiger partial charge on any atom is -0.344 e. The lowest BCUT2D eigenvalue weighted by Gasteiger charge is -2.15. The van der Waals surface area contributed by atoms with Crippen LogP contribution in [0, 0.1) is 18.3 Å². The predicted molar refractivity (Wildman–Crippen MR) is 55.0 cm³/mol. The van der Waals surface area contributed by atoms with E-state index in [0.29, 0.717) is 11.6 Å². The fourth-order valence-electron chi connectivity index (χ4n) is 1.22. The molecule has 0 aliphatic carbocycles. The third-order valence-electron chi connectivity index (χ3n) is 1.86. The summed E-state index contributed by atoms with van der Waals surface area (Å²) in [5.74, 6) is 0.628. The van der Waals surface area contributed by atoms with Crippen molar-refractivity contribution in [2.45, 2.75) is 20.3 Å². The van der Waals surface area contributed by atoms with Gasteiger partial charge in [0.15, 0.2) is 0 Å². The average Bonchev–Trinajstić information content (AvgIpc) is 2.17. The van der Waals surface area contributed by atoms with Crippen molar-refractivity contribution in [3.8, 4) is 6.07 Å². The minimum absolute atomic E-state index is 0.426. The number of aryl methyl sites for hydroxylation is 1. The van der Waals surface area contributed by atoms with Crippen molar-refractivity contribution in [2.75, 3.05) is 18.5 Å². The third kappa shape index (κ3) is 2.43. The molecule has 0 amide bonds. The van der Waals surface area contributed by atoms with Crippen molar-refractivity contribution in [3.63, 3.8) is 0 Å². The second-order valence-electron chi connectivity index (χ2n) is 3.23. The number of nitrogens with zero attached hydrogens (tertiary/aromatic N) is 4.